The Hall–Kier alpha value is -1.44. The van der Waals surface area contributed by atoms with Crippen molar-refractivity contribution < 1.29 is 9.18 Å². The smallest absolute Gasteiger partial charge is 0.150 e. The molecular formula is C11H11FO. The van der Waals surface area contributed by atoms with Crippen LogP contribution in [-0.2, 0) is 6.42 Å². The molecule has 0 aromatic heterocycles. The van der Waals surface area contributed by atoms with Crippen molar-refractivity contribution in [1.82, 2.24) is 0 Å². The number of hydrogen-bond donors (Lipinski definition) is 0. The van der Waals surface area contributed by atoms with Crippen molar-refractivity contribution in [2.24, 2.45) is 0 Å². The van der Waals surface area contributed by atoms with Gasteiger partial charge in [0.2, 0.25) is 0 Å². The fraction of sp³-hybridized carbons (Fsp3) is 0.182. The maximum Gasteiger partial charge on any atom is 0.150 e. The Morgan fingerprint density at radius 3 is 2.77 bits per heavy atom. The second-order valence-corrected chi connectivity index (χ2v) is 2.80. The Balaban J connectivity index is 2.84. The van der Waals surface area contributed by atoms with Crippen LogP contribution in [0.15, 0.2) is 30.9 Å². The van der Waals surface area contributed by atoms with Gasteiger partial charge in [-0.25, -0.2) is 4.39 Å². The molecule has 0 saturated heterocycles. The van der Waals surface area contributed by atoms with E-state index in [1.54, 1.807) is 18.2 Å². The van der Waals surface area contributed by atoms with Gasteiger partial charge in [0.1, 0.15) is 12.1 Å². The van der Waals surface area contributed by atoms with Gasteiger partial charge in [0.25, 0.3) is 0 Å². The van der Waals surface area contributed by atoms with Crippen molar-refractivity contribution in [1.29, 1.82) is 0 Å². The topological polar surface area (TPSA) is 17.1 Å². The van der Waals surface area contributed by atoms with Crippen LogP contribution in [0, 0.1) is 5.82 Å². The van der Waals surface area contributed by atoms with Crippen molar-refractivity contribution in [3.63, 3.8) is 0 Å². The number of rotatable bonds is 4. The summed E-state index contributed by atoms with van der Waals surface area (Å²) in [6.07, 6.45) is 3.76. The van der Waals surface area contributed by atoms with Crippen molar-refractivity contribution in [2.75, 3.05) is 0 Å². The summed E-state index contributed by atoms with van der Waals surface area (Å²) in [6.45, 7) is 3.56. The van der Waals surface area contributed by atoms with E-state index in [0.717, 1.165) is 6.42 Å². The highest BCUT2D eigenvalue weighted by Gasteiger charge is 2.01. The van der Waals surface area contributed by atoms with Crippen LogP contribution in [0.2, 0.25) is 0 Å². The molecular weight excluding hydrogens is 167 g/mol. The van der Waals surface area contributed by atoms with E-state index in [1.807, 2.05) is 0 Å². The first-order chi connectivity index (χ1) is 6.27. The molecule has 0 atom stereocenters. The summed E-state index contributed by atoms with van der Waals surface area (Å²) in [7, 11) is 0. The molecule has 1 aromatic rings. The van der Waals surface area contributed by atoms with Crippen molar-refractivity contribution in [3.8, 4) is 0 Å². The molecule has 13 heavy (non-hydrogen) atoms. The lowest BCUT2D eigenvalue weighted by Crippen LogP contribution is -1.91. The van der Waals surface area contributed by atoms with Gasteiger partial charge in [-0.15, -0.1) is 6.58 Å². The molecule has 0 saturated carbocycles. The minimum Gasteiger partial charge on any atom is -0.298 e. The Bertz CT molecular complexity index is 318. The minimum atomic E-state index is -0.313. The highest BCUT2D eigenvalue weighted by molar-refractivity contribution is 5.74. The second kappa shape index (κ2) is 4.55. The molecule has 0 aliphatic rings. The molecule has 0 aliphatic heterocycles. The number of halogens is 1. The third-order valence-corrected chi connectivity index (χ3v) is 1.83. The van der Waals surface area contributed by atoms with Gasteiger partial charge in [0, 0.05) is 5.56 Å². The van der Waals surface area contributed by atoms with Crippen LogP contribution >= 0.6 is 0 Å². The summed E-state index contributed by atoms with van der Waals surface area (Å²) in [6, 6.07) is 4.52. The van der Waals surface area contributed by atoms with E-state index in [0.29, 0.717) is 23.8 Å². The van der Waals surface area contributed by atoms with Crippen LogP contribution in [0.25, 0.3) is 0 Å². The first-order valence-electron chi connectivity index (χ1n) is 4.12. The third kappa shape index (κ3) is 2.51. The number of aryl methyl sites for hydroxylation is 1. The van der Waals surface area contributed by atoms with Gasteiger partial charge in [0.05, 0.1) is 0 Å². The van der Waals surface area contributed by atoms with Gasteiger partial charge in [0.15, 0.2) is 0 Å². The highest BCUT2D eigenvalue weighted by Crippen LogP contribution is 2.11. The molecule has 0 heterocycles. The van der Waals surface area contributed by atoms with E-state index >= 15 is 0 Å². The molecule has 1 rings (SSSR count). The largest absolute Gasteiger partial charge is 0.298 e. The predicted molar refractivity (Wildman–Crippen MR) is 50.3 cm³/mol. The number of aldehydes is 1. The van der Waals surface area contributed by atoms with E-state index in [1.165, 1.54) is 6.07 Å². The Labute approximate surface area is 76.9 Å². The Morgan fingerprint density at radius 1 is 1.46 bits per heavy atom. The molecule has 0 aliphatic carbocycles. The Kier molecular flexibility index (Phi) is 3.38. The number of allylic oxidation sites excluding steroid dienone is 1. The first-order valence-corrected chi connectivity index (χ1v) is 4.12. The van der Waals surface area contributed by atoms with Gasteiger partial charge >= 0.3 is 0 Å². The lowest BCUT2D eigenvalue weighted by atomic mass is 10.1. The molecule has 0 N–H and O–H groups in total. The second-order valence-electron chi connectivity index (χ2n) is 2.80. The van der Waals surface area contributed by atoms with E-state index in [9.17, 15) is 9.18 Å². The Morgan fingerprint density at radius 2 is 2.23 bits per heavy atom. The summed E-state index contributed by atoms with van der Waals surface area (Å²) < 4.78 is 13.2. The maximum absolute atomic E-state index is 13.2. The maximum atomic E-state index is 13.2. The lowest BCUT2D eigenvalue weighted by molar-refractivity contribution is 0.112. The van der Waals surface area contributed by atoms with Crippen LogP contribution in [0.4, 0.5) is 4.39 Å². The average molecular weight is 178 g/mol. The molecule has 0 radical (unpaired) electrons. The van der Waals surface area contributed by atoms with E-state index in [-0.39, 0.29) is 5.82 Å². The molecule has 0 amide bonds. The lowest BCUT2D eigenvalue weighted by Gasteiger charge is -2.00. The van der Waals surface area contributed by atoms with Crippen LogP contribution < -0.4 is 0 Å². The summed E-state index contributed by atoms with van der Waals surface area (Å²) in [4.78, 5) is 10.3. The monoisotopic (exact) mass is 178 g/mol. The highest BCUT2D eigenvalue weighted by atomic mass is 19.1. The van der Waals surface area contributed by atoms with Gasteiger partial charge in [-0.2, -0.15) is 0 Å². The van der Waals surface area contributed by atoms with Gasteiger partial charge < -0.3 is 0 Å². The number of benzene rings is 1. The summed E-state index contributed by atoms with van der Waals surface area (Å²) in [5.41, 5.74) is 1.00. The number of hydrogen-bond acceptors (Lipinski definition) is 1. The molecule has 68 valence electrons. The first kappa shape index (κ1) is 9.65. The third-order valence-electron chi connectivity index (χ3n) is 1.83. The van der Waals surface area contributed by atoms with E-state index < -0.39 is 0 Å². The minimum absolute atomic E-state index is 0.313. The van der Waals surface area contributed by atoms with Crippen molar-refractivity contribution in [2.45, 2.75) is 12.8 Å². The van der Waals surface area contributed by atoms with Crippen LogP contribution in [0.3, 0.4) is 0 Å². The summed E-state index contributed by atoms with van der Waals surface area (Å²) in [5, 5.41) is 0. The van der Waals surface area contributed by atoms with Gasteiger partial charge in [-0.05, 0) is 24.5 Å². The molecule has 0 spiro atoms. The van der Waals surface area contributed by atoms with Crippen LogP contribution in [0.5, 0.6) is 0 Å². The SMILES string of the molecule is C=CCCc1ccc(C=O)cc1F. The molecule has 0 bridgehead atoms. The molecule has 0 unspecified atom stereocenters. The molecule has 0 fully saturated rings. The zero-order valence-corrected chi connectivity index (χ0v) is 7.29. The van der Waals surface area contributed by atoms with Crippen molar-refractivity contribution >= 4 is 6.29 Å². The summed E-state index contributed by atoms with van der Waals surface area (Å²) in [5.74, 6) is -0.313. The normalized spacial score (nSPS) is 9.62. The number of carbonyl (C=O) groups excluding carboxylic acids is 1. The fourth-order valence-electron chi connectivity index (χ4n) is 1.10. The molecule has 2 heteroatoms. The zero-order valence-electron chi connectivity index (χ0n) is 7.29. The quantitative estimate of drug-likeness (QED) is 0.511. The standard InChI is InChI=1S/C11H11FO/c1-2-3-4-10-6-5-9(8-13)7-11(10)12/h2,5-8H,1,3-4H2. The fourth-order valence-corrected chi connectivity index (χ4v) is 1.10. The van der Waals surface area contributed by atoms with E-state index in [2.05, 4.69) is 6.58 Å². The molecule has 1 nitrogen and oxygen atoms in total. The van der Waals surface area contributed by atoms with Crippen molar-refractivity contribution in [3.05, 3.63) is 47.8 Å². The van der Waals surface area contributed by atoms with Crippen LogP contribution in [0.1, 0.15) is 22.3 Å². The van der Waals surface area contributed by atoms with Crippen LogP contribution in [-0.4, -0.2) is 6.29 Å². The molecule has 1 aromatic carbocycles. The van der Waals surface area contributed by atoms with Gasteiger partial charge in [-0.1, -0.05) is 18.2 Å². The van der Waals surface area contributed by atoms with Gasteiger partial charge in [-0.3, -0.25) is 4.79 Å². The predicted octanol–water partition coefficient (Wildman–Crippen LogP) is 2.76. The average Bonchev–Trinajstić information content (AvgIpc) is 2.16. The summed E-state index contributed by atoms with van der Waals surface area (Å²) >= 11 is 0. The van der Waals surface area contributed by atoms with E-state index in [4.69, 9.17) is 0 Å². The number of carbonyl (C=O) groups is 1. The zero-order chi connectivity index (χ0) is 9.68.